The van der Waals surface area contributed by atoms with E-state index in [0.29, 0.717) is 12.2 Å². The summed E-state index contributed by atoms with van der Waals surface area (Å²) in [6, 6.07) is 9.50. The Morgan fingerprint density at radius 3 is 2.55 bits per heavy atom. The number of nitrogens with one attached hydrogen (secondary N) is 1. The van der Waals surface area contributed by atoms with Crippen LogP contribution in [-0.2, 0) is 6.54 Å². The normalized spacial score (nSPS) is 10.3. The zero-order valence-corrected chi connectivity index (χ0v) is 11.3. The van der Waals surface area contributed by atoms with Crippen molar-refractivity contribution in [2.75, 3.05) is 5.32 Å². The van der Waals surface area contributed by atoms with Gasteiger partial charge in [0.2, 0.25) is 0 Å². The number of aryl methyl sites for hydroxylation is 2. The molecule has 2 rings (SSSR count). The quantitative estimate of drug-likeness (QED) is 0.678. The van der Waals surface area contributed by atoms with Crippen LogP contribution in [0.15, 0.2) is 36.4 Å². The molecule has 0 bridgehead atoms. The van der Waals surface area contributed by atoms with Crippen molar-refractivity contribution in [3.8, 4) is 0 Å². The van der Waals surface area contributed by atoms with E-state index in [2.05, 4.69) is 5.32 Å². The molecule has 0 aliphatic rings. The topological polar surface area (TPSA) is 55.2 Å². The second-order valence-electron chi connectivity index (χ2n) is 4.69. The van der Waals surface area contributed by atoms with E-state index < -0.39 is 10.7 Å². The Morgan fingerprint density at radius 1 is 1.15 bits per heavy atom. The Balaban J connectivity index is 2.18. The maximum atomic E-state index is 13.0. The number of nitrogens with zero attached hydrogens (tertiary/aromatic N) is 1. The Morgan fingerprint density at radius 2 is 1.90 bits per heavy atom. The van der Waals surface area contributed by atoms with Gasteiger partial charge in [0.25, 0.3) is 5.69 Å². The van der Waals surface area contributed by atoms with E-state index in [1.807, 2.05) is 32.0 Å². The van der Waals surface area contributed by atoms with Crippen LogP contribution in [-0.4, -0.2) is 4.92 Å². The highest BCUT2D eigenvalue weighted by Crippen LogP contribution is 2.25. The molecule has 1 N–H and O–H groups in total. The second-order valence-corrected chi connectivity index (χ2v) is 4.69. The fraction of sp³-hybridized carbons (Fsp3) is 0.200. The van der Waals surface area contributed by atoms with Crippen molar-refractivity contribution in [3.05, 3.63) is 69.0 Å². The highest BCUT2D eigenvalue weighted by atomic mass is 19.1. The number of nitro benzene ring substituents is 1. The van der Waals surface area contributed by atoms with Crippen LogP contribution in [0.25, 0.3) is 0 Å². The van der Waals surface area contributed by atoms with Gasteiger partial charge in [-0.15, -0.1) is 0 Å². The van der Waals surface area contributed by atoms with Crippen LogP contribution >= 0.6 is 0 Å². The summed E-state index contributed by atoms with van der Waals surface area (Å²) >= 11 is 0. The van der Waals surface area contributed by atoms with E-state index in [9.17, 15) is 14.5 Å². The van der Waals surface area contributed by atoms with Crippen LogP contribution in [0.1, 0.15) is 16.7 Å². The van der Waals surface area contributed by atoms with E-state index in [4.69, 9.17) is 0 Å². The second kappa shape index (κ2) is 5.69. The number of rotatable bonds is 4. The third-order valence-electron chi connectivity index (χ3n) is 3.21. The van der Waals surface area contributed by atoms with Gasteiger partial charge in [0.05, 0.1) is 11.0 Å². The van der Waals surface area contributed by atoms with E-state index in [1.54, 1.807) is 0 Å². The monoisotopic (exact) mass is 274 g/mol. The van der Waals surface area contributed by atoms with Gasteiger partial charge in [0.15, 0.2) is 0 Å². The van der Waals surface area contributed by atoms with Crippen molar-refractivity contribution in [3.63, 3.8) is 0 Å². The molecule has 0 atom stereocenters. The summed E-state index contributed by atoms with van der Waals surface area (Å²) in [5.41, 5.74) is 3.44. The van der Waals surface area contributed by atoms with Crippen LogP contribution in [0, 0.1) is 29.8 Å². The number of hydrogen-bond acceptors (Lipinski definition) is 3. The lowest BCUT2D eigenvalue weighted by molar-refractivity contribution is -0.384. The van der Waals surface area contributed by atoms with Crippen molar-refractivity contribution in [2.24, 2.45) is 0 Å². The zero-order valence-electron chi connectivity index (χ0n) is 11.3. The summed E-state index contributed by atoms with van der Waals surface area (Å²) in [6.07, 6.45) is 0. The number of anilines is 1. The molecule has 2 aromatic rings. The number of benzene rings is 2. The zero-order chi connectivity index (χ0) is 14.7. The predicted octanol–water partition coefficient (Wildman–Crippen LogP) is 3.96. The van der Waals surface area contributed by atoms with Gasteiger partial charge < -0.3 is 5.32 Å². The summed E-state index contributed by atoms with van der Waals surface area (Å²) in [5, 5.41) is 13.9. The summed E-state index contributed by atoms with van der Waals surface area (Å²) in [5.74, 6) is -0.617. The van der Waals surface area contributed by atoms with Gasteiger partial charge in [-0.05, 0) is 42.7 Å². The fourth-order valence-electron chi connectivity index (χ4n) is 1.92. The molecule has 0 saturated heterocycles. The molecule has 0 amide bonds. The molecule has 0 aromatic heterocycles. The largest absolute Gasteiger partial charge is 0.375 e. The lowest BCUT2D eigenvalue weighted by Crippen LogP contribution is -2.03. The van der Waals surface area contributed by atoms with Crippen molar-refractivity contribution >= 4 is 11.4 Å². The van der Waals surface area contributed by atoms with Gasteiger partial charge in [-0.3, -0.25) is 10.1 Å². The maximum Gasteiger partial charge on any atom is 0.295 e. The minimum atomic E-state index is -0.617. The first-order valence-electron chi connectivity index (χ1n) is 6.21. The predicted molar refractivity (Wildman–Crippen MR) is 76.3 cm³/mol. The maximum absolute atomic E-state index is 13.0. The minimum Gasteiger partial charge on any atom is -0.375 e. The van der Waals surface area contributed by atoms with Crippen LogP contribution < -0.4 is 5.32 Å². The van der Waals surface area contributed by atoms with Gasteiger partial charge in [-0.25, -0.2) is 4.39 Å². The molecular formula is C15H15FN2O2. The summed E-state index contributed by atoms with van der Waals surface area (Å²) in [6.45, 7) is 4.49. The van der Waals surface area contributed by atoms with Crippen LogP contribution in [0.2, 0.25) is 0 Å². The Bertz CT molecular complexity index is 656. The summed E-state index contributed by atoms with van der Waals surface area (Å²) in [7, 11) is 0. The highest BCUT2D eigenvalue weighted by molar-refractivity contribution is 5.61. The first-order chi connectivity index (χ1) is 9.47. The minimum absolute atomic E-state index is 0.256. The van der Waals surface area contributed by atoms with Crippen molar-refractivity contribution in [2.45, 2.75) is 20.4 Å². The molecule has 0 saturated carbocycles. The summed E-state index contributed by atoms with van der Waals surface area (Å²) in [4.78, 5) is 10.3. The third kappa shape index (κ3) is 3.12. The van der Waals surface area contributed by atoms with E-state index >= 15 is 0 Å². The molecule has 0 aliphatic carbocycles. The smallest absolute Gasteiger partial charge is 0.295 e. The fourth-order valence-corrected chi connectivity index (χ4v) is 1.92. The standard InChI is InChI=1S/C15H15FN2O2/c1-10-3-4-12(7-11(10)2)9-17-14-6-5-13(16)8-15(14)18(19)20/h3-8,17H,9H2,1-2H3. The first kappa shape index (κ1) is 14.0. The van der Waals surface area contributed by atoms with Crippen LogP contribution in [0.4, 0.5) is 15.8 Å². The molecule has 0 radical (unpaired) electrons. The lowest BCUT2D eigenvalue weighted by Gasteiger charge is -2.09. The molecule has 0 fully saturated rings. The first-order valence-corrected chi connectivity index (χ1v) is 6.21. The molecule has 0 unspecified atom stereocenters. The van der Waals surface area contributed by atoms with Gasteiger partial charge in [0.1, 0.15) is 11.5 Å². The molecule has 5 heteroatoms. The summed E-state index contributed by atoms with van der Waals surface area (Å²) < 4.78 is 13.0. The van der Waals surface area contributed by atoms with E-state index in [0.717, 1.165) is 17.2 Å². The van der Waals surface area contributed by atoms with Gasteiger partial charge in [0, 0.05) is 6.54 Å². The average Bonchev–Trinajstić information content (AvgIpc) is 2.41. The molecule has 20 heavy (non-hydrogen) atoms. The van der Waals surface area contributed by atoms with Gasteiger partial charge in [-0.1, -0.05) is 18.2 Å². The molecule has 2 aromatic carbocycles. The van der Waals surface area contributed by atoms with Crippen LogP contribution in [0.5, 0.6) is 0 Å². The number of halogens is 1. The van der Waals surface area contributed by atoms with E-state index in [-0.39, 0.29) is 5.69 Å². The van der Waals surface area contributed by atoms with Gasteiger partial charge in [-0.2, -0.15) is 0 Å². The Kier molecular flexibility index (Phi) is 3.98. The molecule has 104 valence electrons. The number of nitro groups is 1. The van der Waals surface area contributed by atoms with Crippen LogP contribution in [0.3, 0.4) is 0 Å². The third-order valence-corrected chi connectivity index (χ3v) is 3.21. The average molecular weight is 274 g/mol. The molecular weight excluding hydrogens is 259 g/mol. The lowest BCUT2D eigenvalue weighted by atomic mass is 10.1. The molecule has 0 aliphatic heterocycles. The van der Waals surface area contributed by atoms with Crippen molar-refractivity contribution in [1.29, 1.82) is 0 Å². The molecule has 0 heterocycles. The van der Waals surface area contributed by atoms with Crippen molar-refractivity contribution < 1.29 is 9.31 Å². The molecule has 4 nitrogen and oxygen atoms in total. The van der Waals surface area contributed by atoms with Gasteiger partial charge >= 0.3 is 0 Å². The van der Waals surface area contributed by atoms with E-state index in [1.165, 1.54) is 17.7 Å². The highest BCUT2D eigenvalue weighted by Gasteiger charge is 2.14. The Labute approximate surface area is 116 Å². The molecule has 0 spiro atoms. The SMILES string of the molecule is Cc1ccc(CNc2ccc(F)cc2[N+](=O)[O-])cc1C. The number of hydrogen-bond donors (Lipinski definition) is 1. The Hall–Kier alpha value is -2.43. The van der Waals surface area contributed by atoms with Crippen molar-refractivity contribution in [1.82, 2.24) is 0 Å².